The summed E-state index contributed by atoms with van der Waals surface area (Å²) in [5.74, 6) is 0.685. The Labute approximate surface area is 181 Å². The number of carbonyl (C=O) groups is 2. The van der Waals surface area contributed by atoms with Gasteiger partial charge in [0.05, 0.1) is 0 Å². The summed E-state index contributed by atoms with van der Waals surface area (Å²) >= 11 is 0. The number of pyridine rings is 1. The molecular weight excluding hydrogens is 390 g/mol. The van der Waals surface area contributed by atoms with E-state index >= 15 is 0 Å². The van der Waals surface area contributed by atoms with Crippen LogP contribution in [0.5, 0.6) is 5.75 Å². The van der Waals surface area contributed by atoms with Crippen LogP contribution in [0.25, 0.3) is 0 Å². The molecule has 2 amide bonds. The Bertz CT molecular complexity index is 1050. The molecule has 0 aliphatic carbocycles. The zero-order valence-electron chi connectivity index (χ0n) is 17.3. The molecule has 1 N–H and O–H groups in total. The first kappa shape index (κ1) is 20.6. The summed E-state index contributed by atoms with van der Waals surface area (Å²) < 4.78 is 5.78. The summed E-state index contributed by atoms with van der Waals surface area (Å²) in [6.07, 6.45) is 5.04. The van der Waals surface area contributed by atoms with Crippen molar-refractivity contribution in [3.8, 4) is 5.75 Å². The van der Waals surface area contributed by atoms with Crippen LogP contribution in [0.4, 0.5) is 0 Å². The number of likely N-dealkylation sites (tertiary alicyclic amines) is 1. The summed E-state index contributed by atoms with van der Waals surface area (Å²) in [5, 5.41) is 2.96. The Morgan fingerprint density at radius 1 is 1.03 bits per heavy atom. The van der Waals surface area contributed by atoms with Gasteiger partial charge in [0.15, 0.2) is 0 Å². The number of rotatable bonds is 8. The third-order valence-electron chi connectivity index (χ3n) is 5.21. The molecule has 6 heteroatoms. The number of amides is 2. The molecule has 1 aromatic heterocycles. The van der Waals surface area contributed by atoms with Crippen molar-refractivity contribution < 1.29 is 14.3 Å². The third kappa shape index (κ3) is 5.69. The molecule has 3 aromatic rings. The Morgan fingerprint density at radius 2 is 1.87 bits per heavy atom. The van der Waals surface area contributed by atoms with Gasteiger partial charge in [0, 0.05) is 49.6 Å². The van der Waals surface area contributed by atoms with Gasteiger partial charge in [-0.1, -0.05) is 36.4 Å². The molecule has 0 spiro atoms. The Hall–Kier alpha value is -3.67. The lowest BCUT2D eigenvalue weighted by Crippen LogP contribution is -2.24. The molecule has 2 aromatic carbocycles. The maximum Gasteiger partial charge on any atom is 0.251 e. The number of benzene rings is 2. The molecule has 1 fully saturated rings. The summed E-state index contributed by atoms with van der Waals surface area (Å²) in [7, 11) is 0. The van der Waals surface area contributed by atoms with E-state index in [0.29, 0.717) is 37.4 Å². The van der Waals surface area contributed by atoms with E-state index in [1.165, 1.54) is 0 Å². The zero-order valence-corrected chi connectivity index (χ0v) is 17.3. The predicted octanol–water partition coefficient (Wildman–Crippen LogP) is 3.71. The van der Waals surface area contributed by atoms with E-state index in [1.807, 2.05) is 47.4 Å². The van der Waals surface area contributed by atoms with Crippen molar-refractivity contribution >= 4 is 11.8 Å². The molecule has 1 aliphatic rings. The number of nitrogens with zero attached hydrogens (tertiary/aromatic N) is 2. The highest BCUT2D eigenvalue weighted by Crippen LogP contribution is 2.17. The minimum absolute atomic E-state index is 0.160. The van der Waals surface area contributed by atoms with Crippen molar-refractivity contribution in [2.75, 3.05) is 6.54 Å². The lowest BCUT2D eigenvalue weighted by Gasteiger charge is -2.16. The smallest absolute Gasteiger partial charge is 0.251 e. The largest absolute Gasteiger partial charge is 0.489 e. The maximum absolute atomic E-state index is 12.6. The van der Waals surface area contributed by atoms with Gasteiger partial charge in [-0.2, -0.15) is 0 Å². The molecule has 0 bridgehead atoms. The lowest BCUT2D eigenvalue weighted by atomic mass is 10.1. The normalized spacial score (nSPS) is 13.3. The maximum atomic E-state index is 12.6. The third-order valence-corrected chi connectivity index (χ3v) is 5.21. The minimum Gasteiger partial charge on any atom is -0.489 e. The van der Waals surface area contributed by atoms with Crippen LogP contribution in [-0.4, -0.2) is 28.2 Å². The van der Waals surface area contributed by atoms with Crippen LogP contribution >= 0.6 is 0 Å². The van der Waals surface area contributed by atoms with E-state index in [9.17, 15) is 9.59 Å². The molecule has 0 atom stereocenters. The average molecular weight is 415 g/mol. The van der Waals surface area contributed by atoms with Crippen LogP contribution in [0.3, 0.4) is 0 Å². The number of carbonyl (C=O) groups excluding carboxylic acids is 2. The molecule has 1 aliphatic heterocycles. The second kappa shape index (κ2) is 9.89. The second-order valence-corrected chi connectivity index (χ2v) is 7.60. The first-order valence-corrected chi connectivity index (χ1v) is 10.4. The van der Waals surface area contributed by atoms with E-state index in [0.717, 1.165) is 29.7 Å². The van der Waals surface area contributed by atoms with Crippen molar-refractivity contribution in [1.29, 1.82) is 0 Å². The monoisotopic (exact) mass is 415 g/mol. The fraction of sp³-hybridized carbons (Fsp3) is 0.240. The van der Waals surface area contributed by atoms with Gasteiger partial charge in [0.2, 0.25) is 5.91 Å². The molecule has 0 saturated carbocycles. The fourth-order valence-electron chi connectivity index (χ4n) is 3.59. The fourth-order valence-corrected chi connectivity index (χ4v) is 3.59. The Morgan fingerprint density at radius 3 is 2.68 bits per heavy atom. The number of ether oxygens (including phenoxy) is 1. The van der Waals surface area contributed by atoms with Crippen LogP contribution in [0.15, 0.2) is 73.1 Å². The molecule has 4 rings (SSSR count). The van der Waals surface area contributed by atoms with Crippen LogP contribution in [0, 0.1) is 0 Å². The quantitative estimate of drug-likeness (QED) is 0.609. The van der Waals surface area contributed by atoms with Gasteiger partial charge >= 0.3 is 0 Å². The highest BCUT2D eigenvalue weighted by Gasteiger charge is 2.20. The standard InChI is InChI=1S/C25H25N3O3/c29-24-10-4-12-28(24)17-20-6-1-5-19(13-20)16-27-25(30)22-8-2-9-23(14-22)31-18-21-7-3-11-26-15-21/h1-3,5-9,11,13-15H,4,10,12,16-18H2,(H,27,30). The summed E-state index contributed by atoms with van der Waals surface area (Å²) in [5.41, 5.74) is 3.59. The first-order chi connectivity index (χ1) is 15.2. The summed E-state index contributed by atoms with van der Waals surface area (Å²) in [6, 6.07) is 18.9. The molecule has 0 unspecified atom stereocenters. The van der Waals surface area contributed by atoms with Crippen LogP contribution in [0.2, 0.25) is 0 Å². The SMILES string of the molecule is O=C(NCc1cccc(CN2CCCC2=O)c1)c1cccc(OCc2cccnc2)c1. The second-order valence-electron chi connectivity index (χ2n) is 7.60. The van der Waals surface area contributed by atoms with Gasteiger partial charge in [-0.15, -0.1) is 0 Å². The van der Waals surface area contributed by atoms with Crippen LogP contribution < -0.4 is 10.1 Å². The molecule has 2 heterocycles. The van der Waals surface area contributed by atoms with Gasteiger partial charge in [-0.3, -0.25) is 14.6 Å². The predicted molar refractivity (Wildman–Crippen MR) is 117 cm³/mol. The molecule has 0 radical (unpaired) electrons. The lowest BCUT2D eigenvalue weighted by molar-refractivity contribution is -0.128. The van der Waals surface area contributed by atoms with Gasteiger partial charge in [0.1, 0.15) is 12.4 Å². The molecule has 6 nitrogen and oxygen atoms in total. The Kier molecular flexibility index (Phi) is 6.57. The van der Waals surface area contributed by atoms with Crippen LogP contribution in [0.1, 0.15) is 39.9 Å². The Balaban J connectivity index is 1.32. The highest BCUT2D eigenvalue weighted by atomic mass is 16.5. The summed E-state index contributed by atoms with van der Waals surface area (Å²) in [6.45, 7) is 2.25. The molecular formula is C25H25N3O3. The van der Waals surface area contributed by atoms with Gasteiger partial charge < -0.3 is 15.0 Å². The number of hydrogen-bond acceptors (Lipinski definition) is 4. The topological polar surface area (TPSA) is 71.5 Å². The minimum atomic E-state index is -0.160. The van der Waals surface area contributed by atoms with E-state index in [2.05, 4.69) is 10.3 Å². The van der Waals surface area contributed by atoms with E-state index < -0.39 is 0 Å². The van der Waals surface area contributed by atoms with E-state index in [4.69, 9.17) is 4.74 Å². The first-order valence-electron chi connectivity index (χ1n) is 10.4. The number of hydrogen-bond donors (Lipinski definition) is 1. The van der Waals surface area contributed by atoms with Gasteiger partial charge in [-0.25, -0.2) is 0 Å². The summed E-state index contributed by atoms with van der Waals surface area (Å²) in [4.78, 5) is 30.4. The van der Waals surface area contributed by atoms with E-state index in [-0.39, 0.29) is 11.8 Å². The highest BCUT2D eigenvalue weighted by molar-refractivity contribution is 5.94. The van der Waals surface area contributed by atoms with Gasteiger partial charge in [0.25, 0.3) is 5.91 Å². The van der Waals surface area contributed by atoms with Crippen molar-refractivity contribution in [2.45, 2.75) is 32.5 Å². The number of nitrogens with one attached hydrogen (secondary N) is 1. The van der Waals surface area contributed by atoms with E-state index in [1.54, 1.807) is 30.6 Å². The van der Waals surface area contributed by atoms with Crippen LogP contribution in [-0.2, 0) is 24.5 Å². The zero-order chi connectivity index (χ0) is 21.5. The number of aromatic nitrogens is 1. The van der Waals surface area contributed by atoms with Crippen molar-refractivity contribution in [2.24, 2.45) is 0 Å². The molecule has 31 heavy (non-hydrogen) atoms. The van der Waals surface area contributed by atoms with Crippen molar-refractivity contribution in [1.82, 2.24) is 15.2 Å². The average Bonchev–Trinajstić information content (AvgIpc) is 3.21. The molecule has 1 saturated heterocycles. The van der Waals surface area contributed by atoms with Crippen molar-refractivity contribution in [3.05, 3.63) is 95.3 Å². The van der Waals surface area contributed by atoms with Crippen molar-refractivity contribution in [3.63, 3.8) is 0 Å². The molecule has 158 valence electrons. The van der Waals surface area contributed by atoms with Gasteiger partial charge in [-0.05, 0) is 41.8 Å².